The highest BCUT2D eigenvalue weighted by Crippen LogP contribution is 2.39. The van der Waals surface area contributed by atoms with Gasteiger partial charge in [-0.15, -0.1) is 0 Å². The third-order valence-corrected chi connectivity index (χ3v) is 4.16. The molecule has 0 amide bonds. The average Bonchev–Trinajstić information content (AvgIpc) is 2.72. The molecule has 10 nitrogen and oxygen atoms in total. The number of alkyl halides is 3. The van der Waals surface area contributed by atoms with Gasteiger partial charge >= 0.3 is 17.8 Å². The number of aliphatic imine (C=N–C) groups is 2. The number of carbonyl (C=O) groups excluding carboxylic acids is 1. The number of esters is 1. The van der Waals surface area contributed by atoms with Crippen molar-refractivity contribution < 1.29 is 37.1 Å². The van der Waals surface area contributed by atoms with Crippen LogP contribution < -0.4 is 0 Å². The third-order valence-electron chi connectivity index (χ3n) is 4.16. The number of morpholine rings is 1. The number of rotatable bonds is 3. The minimum Gasteiger partial charge on any atom is -0.465 e. The predicted octanol–water partition coefficient (Wildman–Crippen LogP) is 1.49. The number of benzene rings is 1. The fraction of sp³-hybridized carbons (Fsp3) is 0.438. The Kier molecular flexibility index (Phi) is 5.42. The number of hydrogen-bond donors (Lipinski definition) is 0. The molecule has 156 valence electrons. The second-order valence-electron chi connectivity index (χ2n) is 5.98. The number of halogens is 3. The van der Waals surface area contributed by atoms with Crippen molar-refractivity contribution in [2.45, 2.75) is 11.8 Å². The molecular weight excluding hydrogens is 401 g/mol. The van der Waals surface area contributed by atoms with Gasteiger partial charge in [0.05, 0.1) is 25.2 Å². The van der Waals surface area contributed by atoms with E-state index in [1.54, 1.807) is 0 Å². The largest absolute Gasteiger partial charge is 0.465 e. The van der Waals surface area contributed by atoms with E-state index in [1.807, 2.05) is 0 Å². The first kappa shape index (κ1) is 20.5. The highest BCUT2D eigenvalue weighted by atomic mass is 19.4. The van der Waals surface area contributed by atoms with Crippen molar-refractivity contribution in [3.8, 4) is 0 Å². The van der Waals surface area contributed by atoms with Gasteiger partial charge in [-0.05, 0) is 6.07 Å². The summed E-state index contributed by atoms with van der Waals surface area (Å²) in [4.78, 5) is 30.7. The molecule has 0 aromatic heterocycles. The lowest BCUT2D eigenvalue weighted by molar-refractivity contribution is -0.384. The first-order chi connectivity index (χ1) is 13.7. The van der Waals surface area contributed by atoms with Crippen LogP contribution in [0.3, 0.4) is 0 Å². The highest BCUT2D eigenvalue weighted by Gasteiger charge is 2.65. The Hall–Kier alpha value is -3.22. The summed E-state index contributed by atoms with van der Waals surface area (Å²) in [5.41, 5.74) is -4.12. The van der Waals surface area contributed by atoms with Crippen molar-refractivity contribution in [2.24, 2.45) is 9.98 Å². The summed E-state index contributed by atoms with van der Waals surface area (Å²) in [5.74, 6) is -2.41. The number of nitrogens with zero attached hydrogens (tertiary/aromatic N) is 4. The molecule has 1 aromatic carbocycles. The molecule has 1 saturated heterocycles. The Labute approximate surface area is 161 Å². The molecule has 29 heavy (non-hydrogen) atoms. The molecule has 0 bridgehead atoms. The molecule has 0 N–H and O–H groups in total. The van der Waals surface area contributed by atoms with Crippen LogP contribution in [0, 0.1) is 10.1 Å². The zero-order valence-electron chi connectivity index (χ0n) is 15.0. The second-order valence-corrected chi connectivity index (χ2v) is 5.98. The lowest BCUT2D eigenvalue weighted by atomic mass is 10.1. The minimum atomic E-state index is -5.26. The van der Waals surface area contributed by atoms with Gasteiger partial charge in [0, 0.05) is 30.8 Å². The van der Waals surface area contributed by atoms with Crippen molar-refractivity contribution in [3.63, 3.8) is 0 Å². The summed E-state index contributed by atoms with van der Waals surface area (Å²) in [6.07, 6.45) is -5.26. The molecular formula is C16H15F3N4O6. The zero-order valence-corrected chi connectivity index (χ0v) is 15.0. The SMILES string of the molecule is COC(=O)[C@@]1(C(F)(F)F)N=C(c2cccc([N+](=O)[O-])c2)OC(N2CCOCC2)=N1. The summed E-state index contributed by atoms with van der Waals surface area (Å²) >= 11 is 0. The lowest BCUT2D eigenvalue weighted by Gasteiger charge is -2.35. The summed E-state index contributed by atoms with van der Waals surface area (Å²) in [6.45, 7) is 0.748. The van der Waals surface area contributed by atoms with Crippen LogP contribution in [0.25, 0.3) is 0 Å². The van der Waals surface area contributed by atoms with Crippen LogP contribution in [-0.2, 0) is 19.0 Å². The van der Waals surface area contributed by atoms with Crippen LogP contribution in [0.4, 0.5) is 18.9 Å². The Morgan fingerprint density at radius 3 is 2.59 bits per heavy atom. The van der Waals surface area contributed by atoms with Gasteiger partial charge in [0.15, 0.2) is 0 Å². The number of nitro groups is 1. The van der Waals surface area contributed by atoms with E-state index >= 15 is 0 Å². The molecule has 0 aliphatic carbocycles. The molecule has 13 heteroatoms. The normalized spacial score (nSPS) is 22.3. The number of amidine groups is 1. The smallest absolute Gasteiger partial charge is 0.446 e. The van der Waals surface area contributed by atoms with Gasteiger partial charge < -0.3 is 19.1 Å². The molecule has 1 atom stereocenters. The Morgan fingerprint density at radius 1 is 1.31 bits per heavy atom. The van der Waals surface area contributed by atoms with Crippen LogP contribution >= 0.6 is 0 Å². The quantitative estimate of drug-likeness (QED) is 0.416. The number of non-ortho nitro benzene ring substituents is 1. The molecule has 2 aliphatic rings. The molecule has 1 fully saturated rings. The van der Waals surface area contributed by atoms with E-state index in [-0.39, 0.29) is 37.6 Å². The van der Waals surface area contributed by atoms with Gasteiger partial charge in [-0.3, -0.25) is 10.1 Å². The van der Waals surface area contributed by atoms with Crippen molar-refractivity contribution >= 4 is 23.6 Å². The fourth-order valence-electron chi connectivity index (χ4n) is 2.68. The van der Waals surface area contributed by atoms with Gasteiger partial charge in [-0.1, -0.05) is 6.07 Å². The van der Waals surface area contributed by atoms with Crippen LogP contribution in [0.2, 0.25) is 0 Å². The lowest BCUT2D eigenvalue weighted by Crippen LogP contribution is -2.55. The van der Waals surface area contributed by atoms with E-state index in [1.165, 1.54) is 17.0 Å². The van der Waals surface area contributed by atoms with E-state index in [9.17, 15) is 28.1 Å². The van der Waals surface area contributed by atoms with Gasteiger partial charge in [-0.2, -0.15) is 23.2 Å². The molecule has 1 aromatic rings. The number of nitro benzene ring substituents is 1. The molecule has 2 aliphatic heterocycles. The standard InChI is InChI=1S/C16H15F3N4O6/c1-27-13(24)15(16(17,18)19)20-12(10-3-2-4-11(9-10)23(25)26)29-14(21-15)22-5-7-28-8-6-22/h2-4,9H,5-8H2,1H3/t15-/m1/s1. The van der Waals surface area contributed by atoms with E-state index < -0.39 is 34.7 Å². The highest BCUT2D eigenvalue weighted by molar-refractivity contribution is 6.05. The third kappa shape index (κ3) is 3.85. The maximum Gasteiger partial charge on any atom is 0.446 e. The Bertz CT molecular complexity index is 882. The summed E-state index contributed by atoms with van der Waals surface area (Å²) < 4.78 is 56.8. The van der Waals surface area contributed by atoms with Gasteiger partial charge in [0.2, 0.25) is 5.90 Å². The minimum absolute atomic E-state index is 0.127. The van der Waals surface area contributed by atoms with E-state index in [4.69, 9.17) is 9.47 Å². The van der Waals surface area contributed by atoms with Gasteiger partial charge in [-0.25, -0.2) is 4.79 Å². The van der Waals surface area contributed by atoms with E-state index in [2.05, 4.69) is 14.7 Å². The molecule has 0 spiro atoms. The first-order valence-electron chi connectivity index (χ1n) is 8.28. The summed E-state index contributed by atoms with van der Waals surface area (Å²) in [5, 5.41) is 11.0. The maximum absolute atomic E-state index is 13.9. The van der Waals surface area contributed by atoms with Gasteiger partial charge in [0.25, 0.3) is 11.7 Å². The maximum atomic E-state index is 13.9. The van der Waals surface area contributed by atoms with Crippen LogP contribution in [-0.4, -0.2) is 73.0 Å². The Balaban J connectivity index is 2.15. The topological polar surface area (TPSA) is 116 Å². The number of carbonyl (C=O) groups is 1. The average molecular weight is 416 g/mol. The monoisotopic (exact) mass is 416 g/mol. The first-order valence-corrected chi connectivity index (χ1v) is 8.28. The number of hydrogen-bond acceptors (Lipinski definition) is 9. The molecule has 3 rings (SSSR count). The zero-order chi connectivity index (χ0) is 21.2. The Morgan fingerprint density at radius 2 is 2.00 bits per heavy atom. The van der Waals surface area contributed by atoms with Crippen molar-refractivity contribution in [1.82, 2.24) is 4.90 Å². The van der Waals surface area contributed by atoms with Crippen LogP contribution in [0.5, 0.6) is 0 Å². The second kappa shape index (κ2) is 7.66. The molecule has 0 radical (unpaired) electrons. The van der Waals surface area contributed by atoms with E-state index in [0.717, 1.165) is 19.2 Å². The van der Waals surface area contributed by atoms with Crippen molar-refractivity contribution in [2.75, 3.05) is 33.4 Å². The molecule has 0 unspecified atom stereocenters. The summed E-state index contributed by atoms with van der Waals surface area (Å²) in [7, 11) is 0.776. The van der Waals surface area contributed by atoms with Crippen molar-refractivity contribution in [1.29, 1.82) is 0 Å². The molecule has 2 heterocycles. The number of ether oxygens (including phenoxy) is 3. The summed E-state index contributed by atoms with van der Waals surface area (Å²) in [6, 6.07) is 4.16. The van der Waals surface area contributed by atoms with Crippen LogP contribution in [0.1, 0.15) is 5.56 Å². The fourth-order valence-corrected chi connectivity index (χ4v) is 2.68. The number of methoxy groups -OCH3 is 1. The van der Waals surface area contributed by atoms with E-state index in [0.29, 0.717) is 0 Å². The van der Waals surface area contributed by atoms with Crippen LogP contribution in [0.15, 0.2) is 34.3 Å². The van der Waals surface area contributed by atoms with Gasteiger partial charge in [0.1, 0.15) is 0 Å². The predicted molar refractivity (Wildman–Crippen MR) is 91.3 cm³/mol. The molecule has 0 saturated carbocycles. The van der Waals surface area contributed by atoms with Crippen molar-refractivity contribution in [3.05, 3.63) is 39.9 Å².